The van der Waals surface area contributed by atoms with Crippen molar-refractivity contribution < 1.29 is 9.90 Å². The van der Waals surface area contributed by atoms with Crippen LogP contribution >= 0.6 is 11.6 Å². The van der Waals surface area contributed by atoms with Gasteiger partial charge in [0.15, 0.2) is 5.78 Å². The molecule has 0 aromatic carbocycles. The monoisotopic (exact) mass is 268 g/mol. The zero-order valence-electron chi connectivity index (χ0n) is 11.2. The van der Waals surface area contributed by atoms with Gasteiger partial charge in [0, 0.05) is 17.2 Å². The van der Waals surface area contributed by atoms with Gasteiger partial charge in [-0.1, -0.05) is 19.9 Å². The largest absolute Gasteiger partial charge is 0.390 e. The van der Waals surface area contributed by atoms with Crippen LogP contribution in [0.4, 0.5) is 0 Å². The van der Waals surface area contributed by atoms with Crippen molar-refractivity contribution in [3.05, 3.63) is 12.2 Å². The summed E-state index contributed by atoms with van der Waals surface area (Å²) in [5.41, 5.74) is -0.702. The van der Waals surface area contributed by atoms with Crippen molar-refractivity contribution in [2.75, 3.05) is 0 Å². The van der Waals surface area contributed by atoms with Crippen LogP contribution in [0.2, 0.25) is 0 Å². The molecule has 2 bridgehead atoms. The molecule has 2 fully saturated rings. The van der Waals surface area contributed by atoms with E-state index in [2.05, 4.69) is 13.0 Å². The highest BCUT2D eigenvalue weighted by Crippen LogP contribution is 2.65. The van der Waals surface area contributed by atoms with Crippen molar-refractivity contribution >= 4 is 17.4 Å². The number of fused-ring (bicyclic) bond motifs is 1. The van der Waals surface area contributed by atoms with Gasteiger partial charge in [0.2, 0.25) is 0 Å². The maximum Gasteiger partial charge on any atom is 0.158 e. The van der Waals surface area contributed by atoms with Crippen molar-refractivity contribution in [3.8, 4) is 0 Å². The highest BCUT2D eigenvalue weighted by atomic mass is 35.5. The highest BCUT2D eigenvalue weighted by molar-refractivity contribution is 6.21. The summed E-state index contributed by atoms with van der Waals surface area (Å²) in [6, 6.07) is 0. The average molecular weight is 269 g/mol. The summed E-state index contributed by atoms with van der Waals surface area (Å²) in [6.07, 6.45) is 5.49. The number of aliphatic hydroxyl groups is 1. The lowest BCUT2D eigenvalue weighted by Crippen LogP contribution is -2.48. The smallest absolute Gasteiger partial charge is 0.158 e. The summed E-state index contributed by atoms with van der Waals surface area (Å²) in [7, 11) is 0. The molecule has 3 aliphatic rings. The molecule has 2 nitrogen and oxygen atoms in total. The van der Waals surface area contributed by atoms with Crippen molar-refractivity contribution in [3.63, 3.8) is 0 Å². The Bertz CT molecular complexity index is 428. The topological polar surface area (TPSA) is 37.3 Å². The molecule has 0 amide bonds. The predicted molar refractivity (Wildman–Crippen MR) is 71.4 cm³/mol. The Labute approximate surface area is 113 Å². The van der Waals surface area contributed by atoms with E-state index in [1.165, 1.54) is 0 Å². The fraction of sp³-hybridized carbons (Fsp3) is 0.800. The SMILES string of the molecule is CC1C2[C@H](C)C(=O)C=CC23CC([C@@H]1Cl)C(C)(O)C3. The number of alkyl halides is 1. The molecule has 3 rings (SSSR count). The van der Waals surface area contributed by atoms with Gasteiger partial charge >= 0.3 is 0 Å². The number of rotatable bonds is 0. The van der Waals surface area contributed by atoms with Crippen molar-refractivity contribution in [2.45, 2.75) is 44.6 Å². The van der Waals surface area contributed by atoms with Crippen LogP contribution in [0.3, 0.4) is 0 Å². The van der Waals surface area contributed by atoms with Crippen LogP contribution in [0, 0.1) is 29.1 Å². The Morgan fingerprint density at radius 2 is 2.11 bits per heavy atom. The molecule has 5 unspecified atom stereocenters. The first-order chi connectivity index (χ1) is 8.28. The maximum absolute atomic E-state index is 11.9. The van der Waals surface area contributed by atoms with Crippen LogP contribution in [0.5, 0.6) is 0 Å². The van der Waals surface area contributed by atoms with E-state index >= 15 is 0 Å². The number of hydrogen-bond donors (Lipinski definition) is 1. The highest BCUT2D eigenvalue weighted by Gasteiger charge is 2.64. The van der Waals surface area contributed by atoms with Gasteiger partial charge < -0.3 is 5.11 Å². The first-order valence-corrected chi connectivity index (χ1v) is 7.32. The van der Waals surface area contributed by atoms with E-state index < -0.39 is 5.60 Å². The minimum atomic E-state index is -0.695. The normalized spacial score (nSPS) is 58.7. The average Bonchev–Trinajstić information content (AvgIpc) is 2.52. The Kier molecular flexibility index (Phi) is 2.54. The lowest BCUT2D eigenvalue weighted by Gasteiger charge is -2.49. The Morgan fingerprint density at radius 3 is 2.78 bits per heavy atom. The molecule has 0 saturated heterocycles. The van der Waals surface area contributed by atoms with Gasteiger partial charge in [0.25, 0.3) is 0 Å². The molecule has 0 aliphatic heterocycles. The molecule has 0 aromatic rings. The van der Waals surface area contributed by atoms with Gasteiger partial charge in [-0.3, -0.25) is 4.79 Å². The maximum atomic E-state index is 11.9. The van der Waals surface area contributed by atoms with Gasteiger partial charge in [0.1, 0.15) is 0 Å². The number of allylic oxidation sites excluding steroid dienone is 2. The third-order valence-corrected chi connectivity index (χ3v) is 6.47. The van der Waals surface area contributed by atoms with Crippen molar-refractivity contribution in [2.24, 2.45) is 29.1 Å². The molecule has 3 aliphatic carbocycles. The Morgan fingerprint density at radius 1 is 1.44 bits per heavy atom. The van der Waals surface area contributed by atoms with E-state index in [-0.39, 0.29) is 40.2 Å². The number of halogens is 1. The zero-order valence-corrected chi connectivity index (χ0v) is 11.9. The first kappa shape index (κ1) is 12.7. The zero-order chi connectivity index (χ0) is 13.3. The van der Waals surface area contributed by atoms with Gasteiger partial charge in [-0.2, -0.15) is 0 Å². The van der Waals surface area contributed by atoms with Crippen molar-refractivity contribution in [1.29, 1.82) is 0 Å². The second-order valence-electron chi connectivity index (χ2n) is 6.93. The first-order valence-electron chi connectivity index (χ1n) is 6.88. The van der Waals surface area contributed by atoms with Crippen LogP contribution in [0.1, 0.15) is 33.6 Å². The number of carbonyl (C=O) groups is 1. The Hall–Kier alpha value is -0.340. The molecule has 0 heterocycles. The molecule has 3 heteroatoms. The molecule has 18 heavy (non-hydrogen) atoms. The second kappa shape index (κ2) is 3.61. The van der Waals surface area contributed by atoms with Crippen LogP contribution < -0.4 is 0 Å². The summed E-state index contributed by atoms with van der Waals surface area (Å²) < 4.78 is 0. The summed E-state index contributed by atoms with van der Waals surface area (Å²) in [4.78, 5) is 11.9. The van der Waals surface area contributed by atoms with E-state index in [1.54, 1.807) is 6.08 Å². The minimum absolute atomic E-state index is 0.00764. The summed E-state index contributed by atoms with van der Waals surface area (Å²) in [5.74, 6) is 0.953. The van der Waals surface area contributed by atoms with E-state index in [0.717, 1.165) is 12.8 Å². The molecule has 0 radical (unpaired) electrons. The third kappa shape index (κ3) is 1.42. The Balaban J connectivity index is 2.12. The van der Waals surface area contributed by atoms with Gasteiger partial charge in [0.05, 0.1) is 5.60 Å². The van der Waals surface area contributed by atoms with E-state index in [4.69, 9.17) is 11.6 Å². The number of carbonyl (C=O) groups excluding carboxylic acids is 1. The van der Waals surface area contributed by atoms with Crippen LogP contribution in [0.25, 0.3) is 0 Å². The van der Waals surface area contributed by atoms with Gasteiger partial charge in [-0.25, -0.2) is 0 Å². The molecule has 0 aromatic heterocycles. The van der Waals surface area contributed by atoms with E-state index in [9.17, 15) is 9.90 Å². The minimum Gasteiger partial charge on any atom is -0.390 e. The summed E-state index contributed by atoms with van der Waals surface area (Å²) in [6.45, 7) is 6.07. The van der Waals surface area contributed by atoms with Crippen LogP contribution in [-0.4, -0.2) is 21.9 Å². The third-order valence-electron chi connectivity index (χ3n) is 5.77. The van der Waals surface area contributed by atoms with E-state index in [1.807, 2.05) is 13.8 Å². The summed E-state index contributed by atoms with van der Waals surface area (Å²) >= 11 is 6.58. The molecule has 100 valence electrons. The van der Waals surface area contributed by atoms with Crippen LogP contribution in [0.15, 0.2) is 12.2 Å². The van der Waals surface area contributed by atoms with Gasteiger partial charge in [-0.15, -0.1) is 11.6 Å². The van der Waals surface area contributed by atoms with E-state index in [0.29, 0.717) is 0 Å². The molecular formula is C15H21ClO2. The van der Waals surface area contributed by atoms with Gasteiger partial charge in [-0.05, 0) is 43.1 Å². The fourth-order valence-corrected chi connectivity index (χ4v) is 5.58. The fourth-order valence-electron chi connectivity index (χ4n) is 5.06. The lowest BCUT2D eigenvalue weighted by atomic mass is 9.56. The second-order valence-corrected chi connectivity index (χ2v) is 7.44. The summed E-state index contributed by atoms with van der Waals surface area (Å²) in [5, 5.41) is 10.6. The molecule has 1 spiro atoms. The lowest BCUT2D eigenvalue weighted by molar-refractivity contribution is -0.123. The molecule has 1 N–H and O–H groups in total. The predicted octanol–water partition coefficient (Wildman–Crippen LogP) is 2.78. The van der Waals surface area contributed by atoms with Crippen LogP contribution in [-0.2, 0) is 4.79 Å². The standard InChI is InChI=1S/C15H21ClO2/c1-8-11(17)4-5-15-6-10(14(3,18)7-15)13(16)9(2)12(8)15/h4-5,8-10,12-13,18H,6-7H2,1-3H3/t8-,9?,10?,12?,13-,14?,15?/m1/s1. The van der Waals surface area contributed by atoms with Crippen molar-refractivity contribution in [1.82, 2.24) is 0 Å². The number of ketones is 1. The molecule has 2 saturated carbocycles. The molecular weight excluding hydrogens is 248 g/mol. The molecule has 7 atom stereocenters. The number of hydrogen-bond acceptors (Lipinski definition) is 2. The quantitative estimate of drug-likeness (QED) is 0.686.